The van der Waals surface area contributed by atoms with Gasteiger partial charge in [-0.3, -0.25) is 0 Å². The van der Waals surface area contributed by atoms with Gasteiger partial charge in [0.15, 0.2) is 5.82 Å². The van der Waals surface area contributed by atoms with Gasteiger partial charge in [0.05, 0.1) is 22.6 Å². The van der Waals surface area contributed by atoms with Crippen LogP contribution in [0.15, 0.2) is 212 Å². The van der Waals surface area contributed by atoms with E-state index in [0.717, 1.165) is 55.8 Å². The van der Waals surface area contributed by atoms with Crippen molar-refractivity contribution >= 4 is 53.2 Å². The first-order chi connectivity index (χ1) is 32.5. The summed E-state index contributed by atoms with van der Waals surface area (Å²) in [5.41, 5.74) is 17.9. The molecule has 66 heavy (non-hydrogen) atoms. The maximum Gasteiger partial charge on any atom is 0.160 e. The molecule has 0 bridgehead atoms. The maximum atomic E-state index is 5.53. The molecule has 0 spiro atoms. The highest BCUT2D eigenvalue weighted by Gasteiger charge is 2.35. The summed E-state index contributed by atoms with van der Waals surface area (Å²) in [6.45, 7) is 4.70. The van der Waals surface area contributed by atoms with Gasteiger partial charge in [-0.25, -0.2) is 15.0 Å². The number of benzene rings is 9. The number of pyridine rings is 1. The molecular formula is C62H41N3S. The van der Waals surface area contributed by atoms with Crippen LogP contribution in [0.3, 0.4) is 0 Å². The normalized spacial score (nSPS) is 12.8. The summed E-state index contributed by atoms with van der Waals surface area (Å²) in [5, 5.41) is 6.14. The fourth-order valence-electron chi connectivity index (χ4n) is 10.4. The first kappa shape index (κ1) is 38.4. The Morgan fingerprint density at radius 2 is 0.924 bits per heavy atom. The summed E-state index contributed by atoms with van der Waals surface area (Å²) < 4.78 is 2.55. The lowest BCUT2D eigenvalue weighted by Crippen LogP contribution is -2.14. The van der Waals surface area contributed by atoms with E-state index in [0.29, 0.717) is 5.82 Å². The lowest BCUT2D eigenvalue weighted by atomic mass is 9.81. The molecule has 1 aliphatic rings. The van der Waals surface area contributed by atoms with Gasteiger partial charge in [-0.05, 0) is 69.3 Å². The Bertz CT molecular complexity index is 3870. The highest BCUT2D eigenvalue weighted by molar-refractivity contribution is 7.26. The molecule has 0 saturated heterocycles. The van der Waals surface area contributed by atoms with Gasteiger partial charge in [-0.1, -0.05) is 196 Å². The number of fused-ring (bicyclic) bond motifs is 10. The van der Waals surface area contributed by atoms with Crippen molar-refractivity contribution in [2.24, 2.45) is 0 Å². The molecular weight excluding hydrogens is 819 g/mol. The summed E-state index contributed by atoms with van der Waals surface area (Å²) in [5.74, 6) is 0.701. The molecule has 0 radical (unpaired) electrons. The van der Waals surface area contributed by atoms with E-state index in [1.807, 2.05) is 29.5 Å². The highest BCUT2D eigenvalue weighted by Crippen LogP contribution is 2.52. The molecule has 1 aliphatic carbocycles. The topological polar surface area (TPSA) is 38.7 Å². The van der Waals surface area contributed by atoms with E-state index in [9.17, 15) is 0 Å². The van der Waals surface area contributed by atoms with Gasteiger partial charge in [0.2, 0.25) is 0 Å². The Kier molecular flexibility index (Phi) is 8.74. The van der Waals surface area contributed by atoms with Crippen molar-refractivity contribution in [3.8, 4) is 78.5 Å². The van der Waals surface area contributed by atoms with Crippen LogP contribution >= 0.6 is 11.3 Å². The molecule has 0 atom stereocenters. The van der Waals surface area contributed by atoms with Crippen molar-refractivity contribution < 1.29 is 0 Å². The molecule has 3 aromatic heterocycles. The van der Waals surface area contributed by atoms with Crippen molar-refractivity contribution in [2.75, 3.05) is 0 Å². The fourth-order valence-corrected chi connectivity index (χ4v) is 11.6. The third-order valence-electron chi connectivity index (χ3n) is 13.7. The molecule has 3 nitrogen and oxygen atoms in total. The smallest absolute Gasteiger partial charge is 0.160 e. The van der Waals surface area contributed by atoms with Crippen LogP contribution in [0.2, 0.25) is 0 Å². The number of aromatic nitrogens is 3. The molecule has 13 rings (SSSR count). The van der Waals surface area contributed by atoms with Gasteiger partial charge in [0, 0.05) is 69.6 Å². The quantitative estimate of drug-likeness (QED) is 0.156. The maximum absolute atomic E-state index is 5.53. The number of hydrogen-bond donors (Lipinski definition) is 0. The Morgan fingerprint density at radius 3 is 1.67 bits per heavy atom. The SMILES string of the molecule is CC1(C)c2ccccc2-c2ccc(-c3nc4ccccc4c4c3cc(-c3ccc(-c5cc(-c6ccc(-c7ccccc7)cc6)nc(-c6ccccc6)n5)cc3)c3sc5ccccc5c34)cc21. The van der Waals surface area contributed by atoms with Gasteiger partial charge in [0.1, 0.15) is 0 Å². The summed E-state index contributed by atoms with van der Waals surface area (Å²) in [7, 11) is 0. The molecule has 0 saturated carbocycles. The van der Waals surface area contributed by atoms with Crippen LogP contribution in [-0.2, 0) is 5.41 Å². The lowest BCUT2D eigenvalue weighted by molar-refractivity contribution is 0.660. The zero-order chi connectivity index (χ0) is 43.9. The number of hydrogen-bond acceptors (Lipinski definition) is 4. The van der Waals surface area contributed by atoms with Crippen LogP contribution in [0.1, 0.15) is 25.0 Å². The third kappa shape index (κ3) is 6.13. The highest BCUT2D eigenvalue weighted by atomic mass is 32.1. The van der Waals surface area contributed by atoms with Crippen molar-refractivity contribution in [1.29, 1.82) is 0 Å². The zero-order valence-electron chi connectivity index (χ0n) is 36.5. The van der Waals surface area contributed by atoms with E-state index in [1.165, 1.54) is 69.9 Å². The molecule has 0 fully saturated rings. The molecule has 12 aromatic rings. The van der Waals surface area contributed by atoms with Crippen LogP contribution in [0.5, 0.6) is 0 Å². The van der Waals surface area contributed by atoms with Gasteiger partial charge < -0.3 is 0 Å². The fraction of sp³-hybridized carbons (Fsp3) is 0.0484. The van der Waals surface area contributed by atoms with Crippen molar-refractivity contribution in [2.45, 2.75) is 19.3 Å². The lowest BCUT2D eigenvalue weighted by Gasteiger charge is -2.22. The van der Waals surface area contributed by atoms with Crippen molar-refractivity contribution in [3.05, 3.63) is 223 Å². The second-order valence-corrected chi connectivity index (χ2v) is 19.0. The summed E-state index contributed by atoms with van der Waals surface area (Å²) in [6.07, 6.45) is 0. The predicted molar refractivity (Wildman–Crippen MR) is 278 cm³/mol. The Labute approximate surface area is 387 Å². The second-order valence-electron chi connectivity index (χ2n) is 17.9. The van der Waals surface area contributed by atoms with Crippen LogP contribution < -0.4 is 0 Å². The average Bonchev–Trinajstić information content (AvgIpc) is 3.88. The average molecular weight is 860 g/mol. The zero-order valence-corrected chi connectivity index (χ0v) is 37.3. The van der Waals surface area contributed by atoms with Gasteiger partial charge in [-0.2, -0.15) is 0 Å². The standard InChI is InChI=1S/C62H41N3S/c1-62(2)51-22-12-9-19-45(51)46-34-33-44(35-52(46)62)59-50-36-49(60-58(48-21-11-14-24-56(48)66-60)57(50)47-20-10-13-23-53(47)63-59)40-27-31-42(32-28-40)55-37-54(64-61(65-55)43-17-7-4-8-18-43)41-29-25-39(26-30-41)38-15-5-3-6-16-38/h3-37H,1-2H3. The molecule has 3 heterocycles. The van der Waals surface area contributed by atoms with E-state index in [2.05, 4.69) is 208 Å². The number of thiophene rings is 1. The molecule has 0 aliphatic heterocycles. The minimum absolute atomic E-state index is 0.127. The predicted octanol–water partition coefficient (Wildman–Crippen LogP) is 16.9. The third-order valence-corrected chi connectivity index (χ3v) is 14.9. The molecule has 9 aromatic carbocycles. The monoisotopic (exact) mass is 859 g/mol. The van der Waals surface area contributed by atoms with Gasteiger partial charge in [0.25, 0.3) is 0 Å². The largest absolute Gasteiger partial charge is 0.247 e. The molecule has 0 unspecified atom stereocenters. The van der Waals surface area contributed by atoms with E-state index in [4.69, 9.17) is 15.0 Å². The molecule has 0 amide bonds. The molecule has 310 valence electrons. The van der Waals surface area contributed by atoms with Crippen LogP contribution in [0, 0.1) is 0 Å². The van der Waals surface area contributed by atoms with E-state index in [-0.39, 0.29) is 5.41 Å². The Hall–Kier alpha value is -8.05. The van der Waals surface area contributed by atoms with E-state index in [1.54, 1.807) is 0 Å². The van der Waals surface area contributed by atoms with E-state index < -0.39 is 0 Å². The molecule has 0 N–H and O–H groups in total. The van der Waals surface area contributed by atoms with Crippen molar-refractivity contribution in [3.63, 3.8) is 0 Å². The number of para-hydroxylation sites is 1. The summed E-state index contributed by atoms with van der Waals surface area (Å²) >= 11 is 1.88. The number of rotatable bonds is 6. The summed E-state index contributed by atoms with van der Waals surface area (Å²) in [4.78, 5) is 15.9. The van der Waals surface area contributed by atoms with Gasteiger partial charge in [-0.15, -0.1) is 11.3 Å². The van der Waals surface area contributed by atoms with Crippen LogP contribution in [0.4, 0.5) is 0 Å². The minimum atomic E-state index is -0.127. The van der Waals surface area contributed by atoms with Gasteiger partial charge >= 0.3 is 0 Å². The van der Waals surface area contributed by atoms with Crippen LogP contribution in [0.25, 0.3) is 120 Å². The van der Waals surface area contributed by atoms with E-state index >= 15 is 0 Å². The Morgan fingerprint density at radius 1 is 0.364 bits per heavy atom. The molecule has 4 heteroatoms. The number of nitrogens with zero attached hydrogens (tertiary/aromatic N) is 3. The second kappa shape index (κ2) is 15.0. The first-order valence-corrected chi connectivity index (χ1v) is 23.4. The Balaban J connectivity index is 0.986. The minimum Gasteiger partial charge on any atom is -0.247 e. The van der Waals surface area contributed by atoms with Crippen LogP contribution in [-0.4, -0.2) is 15.0 Å². The first-order valence-electron chi connectivity index (χ1n) is 22.6. The van der Waals surface area contributed by atoms with Crippen molar-refractivity contribution in [1.82, 2.24) is 15.0 Å². The summed E-state index contributed by atoms with van der Waals surface area (Å²) in [6, 6.07) is 76.4.